The topological polar surface area (TPSA) is 50.4 Å². The normalized spacial score (nSPS) is 16.7. The Morgan fingerprint density at radius 1 is 1.14 bits per heavy atom. The number of amides is 1. The Labute approximate surface area is 180 Å². The van der Waals surface area contributed by atoms with Crippen molar-refractivity contribution < 1.29 is 9.53 Å². The zero-order valence-electron chi connectivity index (χ0n) is 17.4. The van der Waals surface area contributed by atoms with Crippen LogP contribution in [0.3, 0.4) is 0 Å². The standard InChI is InChI=1S/C24H32N2O2.ClH/c1-18-3-5-22(6-4-18)17-28-23-10-7-20(8-11-23)15-19(2)26-24(27)12-9-21-13-14-25-16-21;/h3-8,10-11,19,21,25H,9,12-17H2,1-2H3,(H,26,27);1H. The molecule has 1 heterocycles. The molecule has 1 saturated heterocycles. The molecule has 2 aromatic carbocycles. The summed E-state index contributed by atoms with van der Waals surface area (Å²) in [4.78, 5) is 12.1. The second kappa shape index (κ2) is 11.8. The highest BCUT2D eigenvalue weighted by molar-refractivity contribution is 5.85. The zero-order valence-corrected chi connectivity index (χ0v) is 18.3. The van der Waals surface area contributed by atoms with Crippen molar-refractivity contribution in [1.29, 1.82) is 0 Å². The Bertz CT molecular complexity index is 740. The van der Waals surface area contributed by atoms with E-state index in [4.69, 9.17) is 4.74 Å². The summed E-state index contributed by atoms with van der Waals surface area (Å²) in [6.45, 7) is 6.87. The number of benzene rings is 2. The first kappa shape index (κ1) is 23.2. The molecule has 2 aromatic rings. The van der Waals surface area contributed by atoms with Crippen molar-refractivity contribution in [3.05, 3.63) is 65.2 Å². The van der Waals surface area contributed by atoms with E-state index in [0.29, 0.717) is 18.9 Å². The number of ether oxygens (including phenoxy) is 1. The molecule has 3 rings (SSSR count). The van der Waals surface area contributed by atoms with Gasteiger partial charge in [-0.2, -0.15) is 0 Å². The van der Waals surface area contributed by atoms with Gasteiger partial charge < -0.3 is 15.4 Å². The van der Waals surface area contributed by atoms with Crippen LogP contribution >= 0.6 is 12.4 Å². The number of halogens is 1. The van der Waals surface area contributed by atoms with Gasteiger partial charge in [0.1, 0.15) is 12.4 Å². The maximum Gasteiger partial charge on any atom is 0.220 e. The van der Waals surface area contributed by atoms with Crippen LogP contribution in [0.1, 0.15) is 42.9 Å². The van der Waals surface area contributed by atoms with Gasteiger partial charge in [-0.25, -0.2) is 0 Å². The van der Waals surface area contributed by atoms with Crippen molar-refractivity contribution >= 4 is 18.3 Å². The van der Waals surface area contributed by atoms with E-state index in [1.165, 1.54) is 23.1 Å². The van der Waals surface area contributed by atoms with Gasteiger partial charge in [0, 0.05) is 12.5 Å². The average Bonchev–Trinajstić information content (AvgIpc) is 3.21. The minimum atomic E-state index is 0. The zero-order chi connectivity index (χ0) is 19.8. The van der Waals surface area contributed by atoms with Gasteiger partial charge >= 0.3 is 0 Å². The van der Waals surface area contributed by atoms with Crippen molar-refractivity contribution in [2.45, 2.75) is 52.2 Å². The van der Waals surface area contributed by atoms with Crippen molar-refractivity contribution in [3.63, 3.8) is 0 Å². The lowest BCUT2D eigenvalue weighted by Gasteiger charge is -2.15. The molecule has 2 unspecified atom stereocenters. The molecule has 0 aromatic heterocycles. The molecule has 0 bridgehead atoms. The lowest BCUT2D eigenvalue weighted by atomic mass is 10.0. The molecule has 29 heavy (non-hydrogen) atoms. The summed E-state index contributed by atoms with van der Waals surface area (Å²) in [6, 6.07) is 16.7. The summed E-state index contributed by atoms with van der Waals surface area (Å²) in [5.74, 6) is 1.69. The fraction of sp³-hybridized carbons (Fsp3) is 0.458. The highest BCUT2D eigenvalue weighted by Gasteiger charge is 2.16. The maximum absolute atomic E-state index is 12.1. The average molecular weight is 417 g/mol. The van der Waals surface area contributed by atoms with E-state index in [0.717, 1.165) is 31.7 Å². The molecule has 0 spiro atoms. The fourth-order valence-corrected chi connectivity index (χ4v) is 3.62. The van der Waals surface area contributed by atoms with Gasteiger partial charge in [-0.1, -0.05) is 42.0 Å². The van der Waals surface area contributed by atoms with Gasteiger partial charge in [0.2, 0.25) is 5.91 Å². The summed E-state index contributed by atoms with van der Waals surface area (Å²) in [5.41, 5.74) is 3.62. The van der Waals surface area contributed by atoms with Crippen LogP contribution in [0, 0.1) is 12.8 Å². The van der Waals surface area contributed by atoms with Crippen LogP contribution in [-0.4, -0.2) is 25.0 Å². The first-order chi connectivity index (χ1) is 13.6. The number of carbonyl (C=O) groups excluding carboxylic acids is 1. The van der Waals surface area contributed by atoms with E-state index in [1.807, 2.05) is 12.1 Å². The van der Waals surface area contributed by atoms with E-state index in [9.17, 15) is 4.79 Å². The van der Waals surface area contributed by atoms with Crippen LogP contribution in [0.2, 0.25) is 0 Å². The third-order valence-electron chi connectivity index (χ3n) is 5.34. The van der Waals surface area contributed by atoms with Crippen molar-refractivity contribution in [3.8, 4) is 5.75 Å². The van der Waals surface area contributed by atoms with Crippen LogP contribution in [0.15, 0.2) is 48.5 Å². The predicted molar refractivity (Wildman–Crippen MR) is 121 cm³/mol. The molecule has 4 nitrogen and oxygen atoms in total. The number of hydrogen-bond acceptors (Lipinski definition) is 3. The Morgan fingerprint density at radius 3 is 2.48 bits per heavy atom. The molecule has 2 atom stereocenters. The minimum absolute atomic E-state index is 0. The molecule has 1 amide bonds. The van der Waals surface area contributed by atoms with Crippen LogP contribution in [-0.2, 0) is 17.8 Å². The Hall–Kier alpha value is -2.04. The third kappa shape index (κ3) is 8.08. The van der Waals surface area contributed by atoms with E-state index < -0.39 is 0 Å². The molecule has 5 heteroatoms. The Morgan fingerprint density at radius 2 is 1.83 bits per heavy atom. The van der Waals surface area contributed by atoms with E-state index in [2.05, 4.69) is 60.9 Å². The Balaban J connectivity index is 0.00000300. The molecule has 0 radical (unpaired) electrons. The smallest absolute Gasteiger partial charge is 0.220 e. The van der Waals surface area contributed by atoms with Gasteiger partial charge in [-0.15, -0.1) is 12.4 Å². The lowest BCUT2D eigenvalue weighted by Crippen LogP contribution is -2.34. The highest BCUT2D eigenvalue weighted by Crippen LogP contribution is 2.16. The van der Waals surface area contributed by atoms with E-state index in [1.54, 1.807) is 0 Å². The van der Waals surface area contributed by atoms with Crippen LogP contribution in [0.4, 0.5) is 0 Å². The monoisotopic (exact) mass is 416 g/mol. The second-order valence-electron chi connectivity index (χ2n) is 7.99. The number of nitrogens with one attached hydrogen (secondary N) is 2. The van der Waals surface area contributed by atoms with Crippen molar-refractivity contribution in [1.82, 2.24) is 10.6 Å². The summed E-state index contributed by atoms with van der Waals surface area (Å²) < 4.78 is 5.86. The first-order valence-corrected chi connectivity index (χ1v) is 10.4. The predicted octanol–water partition coefficient (Wildman–Crippen LogP) is 4.43. The van der Waals surface area contributed by atoms with Crippen LogP contribution in [0.25, 0.3) is 0 Å². The van der Waals surface area contributed by atoms with Gasteiger partial charge in [-0.05, 0) is 75.4 Å². The van der Waals surface area contributed by atoms with Gasteiger partial charge in [0.25, 0.3) is 0 Å². The summed E-state index contributed by atoms with van der Waals surface area (Å²) in [7, 11) is 0. The van der Waals surface area contributed by atoms with Gasteiger partial charge in [-0.3, -0.25) is 4.79 Å². The van der Waals surface area contributed by atoms with Crippen molar-refractivity contribution in [2.75, 3.05) is 13.1 Å². The van der Waals surface area contributed by atoms with Crippen LogP contribution < -0.4 is 15.4 Å². The quantitative estimate of drug-likeness (QED) is 0.635. The lowest BCUT2D eigenvalue weighted by molar-refractivity contribution is -0.121. The molecule has 0 saturated carbocycles. The molecule has 1 fully saturated rings. The molecule has 1 aliphatic heterocycles. The molecule has 2 N–H and O–H groups in total. The molecule has 158 valence electrons. The third-order valence-corrected chi connectivity index (χ3v) is 5.34. The number of carbonyl (C=O) groups is 1. The van der Waals surface area contributed by atoms with E-state index in [-0.39, 0.29) is 24.4 Å². The molecule has 0 aliphatic carbocycles. The maximum atomic E-state index is 12.1. The molecular weight excluding hydrogens is 384 g/mol. The first-order valence-electron chi connectivity index (χ1n) is 10.4. The van der Waals surface area contributed by atoms with E-state index >= 15 is 0 Å². The van der Waals surface area contributed by atoms with Crippen LogP contribution in [0.5, 0.6) is 5.75 Å². The largest absolute Gasteiger partial charge is 0.489 e. The fourth-order valence-electron chi connectivity index (χ4n) is 3.62. The second-order valence-corrected chi connectivity index (χ2v) is 7.99. The number of hydrogen-bond donors (Lipinski definition) is 2. The summed E-state index contributed by atoms with van der Waals surface area (Å²) in [5, 5.41) is 6.48. The summed E-state index contributed by atoms with van der Waals surface area (Å²) in [6.07, 6.45) is 3.64. The Kier molecular flexibility index (Phi) is 9.49. The SMILES string of the molecule is Cc1ccc(COc2ccc(CC(C)NC(=O)CCC3CCNC3)cc2)cc1.Cl. The minimum Gasteiger partial charge on any atom is -0.489 e. The summed E-state index contributed by atoms with van der Waals surface area (Å²) >= 11 is 0. The van der Waals surface area contributed by atoms with Gasteiger partial charge in [0.05, 0.1) is 0 Å². The van der Waals surface area contributed by atoms with Crippen molar-refractivity contribution in [2.24, 2.45) is 5.92 Å². The van der Waals surface area contributed by atoms with Gasteiger partial charge in [0.15, 0.2) is 0 Å². The highest BCUT2D eigenvalue weighted by atomic mass is 35.5. The molecule has 1 aliphatic rings. The molecular formula is C24H33ClN2O2. The number of aryl methyl sites for hydroxylation is 1. The number of rotatable bonds is 9.